The standard InChI is InChI=1S/C14H11FN3O2/c1-8-5-10(20-2)7-13(14(8)19)18-16-11-4-3-9(15)6-12(11)17-18/h3-7,19H,1H2,2H3. The van der Waals surface area contributed by atoms with Gasteiger partial charge in [-0.25, -0.2) is 4.39 Å². The Kier molecular flexibility index (Phi) is 2.78. The van der Waals surface area contributed by atoms with Gasteiger partial charge in [-0.05, 0) is 25.1 Å². The van der Waals surface area contributed by atoms with Crippen molar-refractivity contribution in [2.45, 2.75) is 0 Å². The van der Waals surface area contributed by atoms with E-state index in [2.05, 4.69) is 17.1 Å². The molecule has 0 bridgehead atoms. The van der Waals surface area contributed by atoms with Crippen molar-refractivity contribution in [1.29, 1.82) is 0 Å². The fraction of sp³-hybridized carbons (Fsp3) is 0.0714. The summed E-state index contributed by atoms with van der Waals surface area (Å²) >= 11 is 0. The number of hydrogen-bond donors (Lipinski definition) is 1. The van der Waals surface area contributed by atoms with Gasteiger partial charge in [-0.1, -0.05) is 0 Å². The van der Waals surface area contributed by atoms with Crippen molar-refractivity contribution in [2.75, 3.05) is 7.11 Å². The third kappa shape index (κ3) is 1.95. The molecule has 5 nitrogen and oxygen atoms in total. The summed E-state index contributed by atoms with van der Waals surface area (Å²) in [4.78, 5) is 1.23. The Hall–Kier alpha value is -2.63. The van der Waals surface area contributed by atoms with Gasteiger partial charge < -0.3 is 9.84 Å². The first-order valence-corrected chi connectivity index (χ1v) is 5.84. The molecule has 0 aliphatic heterocycles. The van der Waals surface area contributed by atoms with Crippen LogP contribution in [-0.4, -0.2) is 27.2 Å². The molecule has 2 aromatic carbocycles. The van der Waals surface area contributed by atoms with Gasteiger partial charge in [0.25, 0.3) is 0 Å². The molecule has 0 unspecified atom stereocenters. The summed E-state index contributed by atoms with van der Waals surface area (Å²) in [5, 5.41) is 18.4. The monoisotopic (exact) mass is 272 g/mol. The number of nitrogens with zero attached hydrogens (tertiary/aromatic N) is 3. The Morgan fingerprint density at radius 2 is 1.95 bits per heavy atom. The third-order valence-electron chi connectivity index (χ3n) is 2.94. The van der Waals surface area contributed by atoms with Gasteiger partial charge >= 0.3 is 0 Å². The van der Waals surface area contributed by atoms with Crippen LogP contribution in [0.15, 0.2) is 30.3 Å². The Labute approximate surface area is 114 Å². The predicted molar refractivity (Wildman–Crippen MR) is 71.5 cm³/mol. The highest BCUT2D eigenvalue weighted by molar-refractivity contribution is 5.74. The van der Waals surface area contributed by atoms with E-state index in [1.807, 2.05) is 0 Å². The van der Waals surface area contributed by atoms with Crippen molar-refractivity contribution < 1.29 is 14.2 Å². The number of rotatable bonds is 2. The van der Waals surface area contributed by atoms with Crippen molar-refractivity contribution in [3.8, 4) is 17.2 Å². The molecule has 20 heavy (non-hydrogen) atoms. The maximum Gasteiger partial charge on any atom is 0.146 e. The lowest BCUT2D eigenvalue weighted by atomic mass is 10.2. The number of hydrogen-bond acceptors (Lipinski definition) is 4. The Balaban J connectivity index is 2.22. The van der Waals surface area contributed by atoms with Gasteiger partial charge in [-0.2, -0.15) is 0 Å². The molecule has 1 heterocycles. The van der Waals surface area contributed by atoms with E-state index in [1.165, 1.54) is 30.1 Å². The zero-order valence-corrected chi connectivity index (χ0v) is 10.7. The van der Waals surface area contributed by atoms with Crippen molar-refractivity contribution >= 4 is 11.0 Å². The average molecular weight is 272 g/mol. The summed E-state index contributed by atoms with van der Waals surface area (Å²) < 4.78 is 18.3. The summed E-state index contributed by atoms with van der Waals surface area (Å²) in [6.45, 7) is 3.72. The molecule has 0 aliphatic rings. The molecule has 0 fully saturated rings. The molecular formula is C14H11FN3O2. The maximum absolute atomic E-state index is 13.2. The first-order valence-electron chi connectivity index (χ1n) is 5.84. The normalized spacial score (nSPS) is 10.9. The van der Waals surface area contributed by atoms with Crippen molar-refractivity contribution in [2.24, 2.45) is 0 Å². The number of benzene rings is 2. The van der Waals surface area contributed by atoms with Crippen LogP contribution < -0.4 is 4.74 Å². The highest BCUT2D eigenvalue weighted by Gasteiger charge is 2.13. The zero-order chi connectivity index (χ0) is 14.3. The van der Waals surface area contributed by atoms with E-state index in [1.54, 1.807) is 12.1 Å². The van der Waals surface area contributed by atoms with Crippen LogP contribution in [0.2, 0.25) is 0 Å². The molecule has 6 heteroatoms. The largest absolute Gasteiger partial charge is 0.505 e. The van der Waals surface area contributed by atoms with Crippen molar-refractivity contribution in [3.05, 3.63) is 48.6 Å². The molecule has 0 aliphatic carbocycles. The van der Waals surface area contributed by atoms with E-state index >= 15 is 0 Å². The molecular weight excluding hydrogens is 261 g/mol. The first kappa shape index (κ1) is 12.4. The van der Waals surface area contributed by atoms with Gasteiger partial charge in [0.15, 0.2) is 0 Å². The van der Waals surface area contributed by atoms with Crippen LogP contribution in [0.5, 0.6) is 11.5 Å². The van der Waals surface area contributed by atoms with Gasteiger partial charge in [0, 0.05) is 17.7 Å². The second-order valence-corrected chi connectivity index (χ2v) is 4.28. The number of phenolic OH excluding ortho intramolecular Hbond substituents is 1. The Morgan fingerprint density at radius 1 is 1.20 bits per heavy atom. The molecule has 0 atom stereocenters. The molecule has 0 saturated heterocycles. The molecule has 0 saturated carbocycles. The van der Waals surface area contributed by atoms with Crippen LogP contribution in [0.3, 0.4) is 0 Å². The van der Waals surface area contributed by atoms with Crippen LogP contribution in [0.25, 0.3) is 16.7 Å². The number of phenols is 1. The summed E-state index contributed by atoms with van der Waals surface area (Å²) in [6, 6.07) is 7.29. The van der Waals surface area contributed by atoms with E-state index in [9.17, 15) is 9.50 Å². The summed E-state index contributed by atoms with van der Waals surface area (Å²) in [5.74, 6) is 0.0826. The van der Waals surface area contributed by atoms with Crippen molar-refractivity contribution in [1.82, 2.24) is 15.0 Å². The quantitative estimate of drug-likeness (QED) is 0.778. The first-order chi connectivity index (χ1) is 9.58. The van der Waals surface area contributed by atoms with Crippen LogP contribution in [-0.2, 0) is 0 Å². The van der Waals surface area contributed by atoms with Crippen LogP contribution >= 0.6 is 0 Å². The lowest BCUT2D eigenvalue weighted by molar-refractivity contribution is 0.410. The minimum absolute atomic E-state index is 0.0495. The fourth-order valence-electron chi connectivity index (χ4n) is 1.92. The number of aromatic nitrogens is 3. The maximum atomic E-state index is 13.2. The molecule has 0 amide bonds. The van der Waals surface area contributed by atoms with E-state index < -0.39 is 5.82 Å². The van der Waals surface area contributed by atoms with Gasteiger partial charge in [-0.3, -0.25) is 0 Å². The minimum atomic E-state index is -0.391. The van der Waals surface area contributed by atoms with Crippen LogP contribution in [0, 0.1) is 12.7 Å². The fourth-order valence-corrected chi connectivity index (χ4v) is 1.92. The number of halogens is 1. The lowest BCUT2D eigenvalue weighted by Gasteiger charge is -2.08. The molecule has 0 spiro atoms. The van der Waals surface area contributed by atoms with Gasteiger partial charge in [0.1, 0.15) is 34.0 Å². The van der Waals surface area contributed by atoms with E-state index in [0.29, 0.717) is 28.0 Å². The third-order valence-corrected chi connectivity index (χ3v) is 2.94. The molecule has 3 rings (SSSR count). The van der Waals surface area contributed by atoms with Crippen LogP contribution in [0.4, 0.5) is 4.39 Å². The number of ether oxygens (including phenoxy) is 1. The predicted octanol–water partition coefficient (Wildman–Crippen LogP) is 2.46. The SMILES string of the molecule is [CH2]c1cc(OC)cc(-n2nc3ccc(F)cc3n2)c1O. The van der Waals surface area contributed by atoms with Crippen LogP contribution in [0.1, 0.15) is 5.56 Å². The Morgan fingerprint density at radius 3 is 2.70 bits per heavy atom. The lowest BCUT2D eigenvalue weighted by Crippen LogP contribution is -2.00. The smallest absolute Gasteiger partial charge is 0.146 e. The van der Waals surface area contributed by atoms with Gasteiger partial charge in [0.2, 0.25) is 0 Å². The highest BCUT2D eigenvalue weighted by Crippen LogP contribution is 2.30. The number of fused-ring (bicyclic) bond motifs is 1. The van der Waals surface area contributed by atoms with E-state index in [0.717, 1.165) is 0 Å². The molecule has 1 aromatic heterocycles. The topological polar surface area (TPSA) is 60.2 Å². The zero-order valence-electron chi connectivity index (χ0n) is 10.7. The van der Waals surface area contributed by atoms with Gasteiger partial charge in [0.05, 0.1) is 7.11 Å². The average Bonchev–Trinajstić information content (AvgIpc) is 2.84. The second-order valence-electron chi connectivity index (χ2n) is 4.28. The van der Waals surface area contributed by atoms with E-state index in [-0.39, 0.29) is 5.75 Å². The molecule has 101 valence electrons. The Bertz CT molecular complexity index is 798. The minimum Gasteiger partial charge on any atom is -0.505 e. The summed E-state index contributed by atoms with van der Waals surface area (Å²) in [6.07, 6.45) is 0. The summed E-state index contributed by atoms with van der Waals surface area (Å²) in [7, 11) is 1.51. The summed E-state index contributed by atoms with van der Waals surface area (Å²) in [5.41, 5.74) is 1.65. The van der Waals surface area contributed by atoms with Gasteiger partial charge in [-0.15, -0.1) is 15.0 Å². The van der Waals surface area contributed by atoms with Crippen molar-refractivity contribution in [3.63, 3.8) is 0 Å². The second kappa shape index (κ2) is 4.48. The number of aromatic hydroxyl groups is 1. The molecule has 3 aromatic rings. The highest BCUT2D eigenvalue weighted by atomic mass is 19.1. The van der Waals surface area contributed by atoms with E-state index in [4.69, 9.17) is 4.74 Å². The molecule has 1 radical (unpaired) electrons. The number of methoxy groups -OCH3 is 1. The molecule has 1 N–H and O–H groups in total.